The third-order valence-corrected chi connectivity index (χ3v) is 3.24. The van der Waals surface area contributed by atoms with E-state index in [2.05, 4.69) is 14.7 Å². The van der Waals surface area contributed by atoms with E-state index in [0.29, 0.717) is 5.82 Å². The summed E-state index contributed by atoms with van der Waals surface area (Å²) in [6, 6.07) is -0.352. The number of nitrogens with zero attached hydrogens (tertiary/aromatic N) is 3. The summed E-state index contributed by atoms with van der Waals surface area (Å²) in [5.74, 6) is -1.75. The number of carbonyl (C=O) groups excluding carboxylic acids is 1. The molecule has 0 radical (unpaired) electrons. The summed E-state index contributed by atoms with van der Waals surface area (Å²) in [7, 11) is 2.95. The van der Waals surface area contributed by atoms with Gasteiger partial charge in [-0.25, -0.2) is 9.78 Å². The van der Waals surface area contributed by atoms with Gasteiger partial charge in [0.05, 0.1) is 38.8 Å². The maximum absolute atomic E-state index is 11.4. The van der Waals surface area contributed by atoms with Crippen LogP contribution in [0.25, 0.3) is 0 Å². The van der Waals surface area contributed by atoms with Crippen molar-refractivity contribution < 1.29 is 24.2 Å². The lowest BCUT2D eigenvalue weighted by Crippen LogP contribution is -2.41. The quantitative estimate of drug-likeness (QED) is 0.757. The Bertz CT molecular complexity index is 522. The molecule has 1 aliphatic rings. The average molecular weight is 281 g/mol. The minimum Gasteiger partial charge on any atom is -0.481 e. The molecule has 1 aromatic heterocycles. The number of carboxylic acids is 1. The largest absolute Gasteiger partial charge is 0.481 e. The minimum atomic E-state index is -0.920. The molecule has 0 aliphatic carbocycles. The van der Waals surface area contributed by atoms with Crippen LogP contribution in [0.15, 0.2) is 12.4 Å². The predicted octanol–water partition coefficient (Wildman–Crippen LogP) is -0.201. The van der Waals surface area contributed by atoms with E-state index < -0.39 is 17.9 Å². The van der Waals surface area contributed by atoms with Gasteiger partial charge in [0, 0.05) is 7.05 Å². The zero-order valence-corrected chi connectivity index (χ0v) is 11.1. The van der Waals surface area contributed by atoms with Crippen molar-refractivity contribution in [2.45, 2.75) is 6.04 Å². The number of hydrogen-bond donors (Lipinski definition) is 1. The van der Waals surface area contributed by atoms with Crippen LogP contribution in [0, 0.1) is 5.92 Å². The van der Waals surface area contributed by atoms with Gasteiger partial charge >= 0.3 is 11.9 Å². The molecule has 1 saturated heterocycles. The molecule has 2 unspecified atom stereocenters. The number of methoxy groups -OCH3 is 1. The van der Waals surface area contributed by atoms with Crippen molar-refractivity contribution in [2.24, 2.45) is 5.92 Å². The number of likely N-dealkylation sites (N-methyl/N-ethyl adjacent to an activating group) is 1. The normalized spacial score (nSPS) is 21.5. The zero-order valence-electron chi connectivity index (χ0n) is 11.1. The second-order valence-electron chi connectivity index (χ2n) is 4.41. The molecule has 8 heteroatoms. The molecule has 8 nitrogen and oxygen atoms in total. The van der Waals surface area contributed by atoms with E-state index in [9.17, 15) is 9.59 Å². The van der Waals surface area contributed by atoms with Crippen LogP contribution in [0.5, 0.6) is 0 Å². The van der Waals surface area contributed by atoms with E-state index >= 15 is 0 Å². The first-order chi connectivity index (χ1) is 9.54. The smallest absolute Gasteiger partial charge is 0.358 e. The van der Waals surface area contributed by atoms with Gasteiger partial charge in [-0.05, 0) is 0 Å². The molecule has 108 valence electrons. The van der Waals surface area contributed by atoms with Crippen molar-refractivity contribution in [2.75, 3.05) is 32.3 Å². The van der Waals surface area contributed by atoms with Crippen LogP contribution in [0.1, 0.15) is 10.5 Å². The molecule has 20 heavy (non-hydrogen) atoms. The van der Waals surface area contributed by atoms with Crippen LogP contribution in [0.2, 0.25) is 0 Å². The van der Waals surface area contributed by atoms with E-state index in [4.69, 9.17) is 9.84 Å². The summed E-state index contributed by atoms with van der Waals surface area (Å²) in [6.07, 6.45) is 2.76. The Morgan fingerprint density at radius 1 is 1.45 bits per heavy atom. The van der Waals surface area contributed by atoms with Crippen molar-refractivity contribution in [3.63, 3.8) is 0 Å². The van der Waals surface area contributed by atoms with E-state index in [-0.39, 0.29) is 24.9 Å². The number of aromatic nitrogens is 2. The van der Waals surface area contributed by atoms with Gasteiger partial charge in [0.25, 0.3) is 0 Å². The highest BCUT2D eigenvalue weighted by atomic mass is 16.5. The number of carboxylic acid groups (broad SMARTS) is 1. The fourth-order valence-electron chi connectivity index (χ4n) is 2.06. The van der Waals surface area contributed by atoms with Crippen LogP contribution in [0.4, 0.5) is 5.82 Å². The van der Waals surface area contributed by atoms with Gasteiger partial charge in [0.15, 0.2) is 5.69 Å². The Kier molecular flexibility index (Phi) is 4.14. The SMILES string of the molecule is COC(=O)c1cncc(N(C)C2COCC2C(=O)O)n1. The van der Waals surface area contributed by atoms with E-state index in [1.807, 2.05) is 0 Å². The summed E-state index contributed by atoms with van der Waals surface area (Å²) in [5, 5.41) is 9.14. The van der Waals surface area contributed by atoms with Gasteiger partial charge < -0.3 is 19.5 Å². The molecule has 1 aliphatic heterocycles. The Hall–Kier alpha value is -2.22. The van der Waals surface area contributed by atoms with Crippen LogP contribution in [0.3, 0.4) is 0 Å². The number of ether oxygens (including phenoxy) is 2. The molecule has 2 rings (SSSR count). The third-order valence-electron chi connectivity index (χ3n) is 3.24. The van der Waals surface area contributed by atoms with Crippen LogP contribution in [-0.4, -0.2) is 60.4 Å². The highest BCUT2D eigenvalue weighted by Gasteiger charge is 2.37. The number of carbonyl (C=O) groups is 2. The Morgan fingerprint density at radius 2 is 2.20 bits per heavy atom. The van der Waals surface area contributed by atoms with E-state index in [1.165, 1.54) is 19.5 Å². The highest BCUT2D eigenvalue weighted by molar-refractivity contribution is 5.87. The molecule has 0 amide bonds. The molecule has 1 N–H and O–H groups in total. The molecular formula is C12H15N3O5. The second-order valence-corrected chi connectivity index (χ2v) is 4.41. The maximum atomic E-state index is 11.4. The molecule has 1 fully saturated rings. The van der Waals surface area contributed by atoms with E-state index in [0.717, 1.165) is 0 Å². The number of aliphatic carboxylic acids is 1. The molecule has 0 aromatic carbocycles. The molecule has 2 atom stereocenters. The van der Waals surface area contributed by atoms with Crippen molar-refractivity contribution in [1.82, 2.24) is 9.97 Å². The van der Waals surface area contributed by atoms with Crippen LogP contribution in [-0.2, 0) is 14.3 Å². The van der Waals surface area contributed by atoms with Crippen molar-refractivity contribution in [1.29, 1.82) is 0 Å². The number of hydrogen-bond acceptors (Lipinski definition) is 7. The molecule has 1 aromatic rings. The summed E-state index contributed by atoms with van der Waals surface area (Å²) < 4.78 is 9.79. The summed E-state index contributed by atoms with van der Waals surface area (Å²) in [5.41, 5.74) is 0.0719. The number of anilines is 1. The van der Waals surface area contributed by atoms with Gasteiger partial charge in [-0.1, -0.05) is 0 Å². The van der Waals surface area contributed by atoms with Gasteiger partial charge in [-0.2, -0.15) is 0 Å². The van der Waals surface area contributed by atoms with Gasteiger partial charge in [-0.15, -0.1) is 0 Å². The lowest BCUT2D eigenvalue weighted by molar-refractivity contribution is -0.141. The Labute approximate surface area is 115 Å². The second kappa shape index (κ2) is 5.83. The van der Waals surface area contributed by atoms with Crippen molar-refractivity contribution >= 4 is 17.8 Å². The van der Waals surface area contributed by atoms with Crippen LogP contribution >= 0.6 is 0 Å². The Balaban J connectivity index is 2.22. The topological polar surface area (TPSA) is 102 Å². The van der Waals surface area contributed by atoms with Gasteiger partial charge in [0.1, 0.15) is 11.7 Å². The summed E-state index contributed by atoms with van der Waals surface area (Å²) in [6.45, 7) is 0.450. The van der Waals surface area contributed by atoms with Crippen molar-refractivity contribution in [3.05, 3.63) is 18.1 Å². The monoisotopic (exact) mass is 281 g/mol. The lowest BCUT2D eigenvalue weighted by atomic mass is 10.0. The predicted molar refractivity (Wildman–Crippen MR) is 67.5 cm³/mol. The molecule has 0 spiro atoms. The molecule has 0 saturated carbocycles. The zero-order chi connectivity index (χ0) is 14.7. The lowest BCUT2D eigenvalue weighted by Gasteiger charge is -2.27. The molecule has 2 heterocycles. The first kappa shape index (κ1) is 14.2. The number of esters is 1. The van der Waals surface area contributed by atoms with Gasteiger partial charge in [0.2, 0.25) is 0 Å². The van der Waals surface area contributed by atoms with Crippen molar-refractivity contribution in [3.8, 4) is 0 Å². The third kappa shape index (κ3) is 2.69. The number of rotatable bonds is 4. The highest BCUT2D eigenvalue weighted by Crippen LogP contribution is 2.23. The minimum absolute atomic E-state index is 0.0719. The fraction of sp³-hybridized carbons (Fsp3) is 0.500. The first-order valence-electron chi connectivity index (χ1n) is 5.98. The summed E-state index contributed by atoms with van der Waals surface area (Å²) in [4.78, 5) is 32.3. The average Bonchev–Trinajstić information content (AvgIpc) is 2.95. The molecular weight excluding hydrogens is 266 g/mol. The fourth-order valence-corrected chi connectivity index (χ4v) is 2.06. The first-order valence-corrected chi connectivity index (χ1v) is 5.98. The Morgan fingerprint density at radius 3 is 2.85 bits per heavy atom. The van der Waals surface area contributed by atoms with Crippen LogP contribution < -0.4 is 4.90 Å². The standard InChI is InChI=1S/C12H15N3O5/c1-15(9-6-20-5-7(9)11(16)17)10-4-13-3-8(14-10)12(18)19-2/h3-4,7,9H,5-6H2,1-2H3,(H,16,17). The maximum Gasteiger partial charge on any atom is 0.358 e. The summed E-state index contributed by atoms with van der Waals surface area (Å²) >= 11 is 0. The van der Waals surface area contributed by atoms with Gasteiger partial charge in [-0.3, -0.25) is 9.78 Å². The molecule has 0 bridgehead atoms. The van der Waals surface area contributed by atoms with E-state index in [1.54, 1.807) is 11.9 Å².